The van der Waals surface area contributed by atoms with Gasteiger partial charge in [-0.2, -0.15) is 0 Å². The molecule has 0 bridgehead atoms. The molecule has 0 aliphatic carbocycles. The van der Waals surface area contributed by atoms with Crippen molar-refractivity contribution < 1.29 is 4.42 Å². The molecule has 25 nitrogen and oxygen atoms in total. The summed E-state index contributed by atoms with van der Waals surface area (Å²) in [6, 6.07) is 55.6. The molecule has 30 heteroatoms. The Morgan fingerprint density at radius 3 is 0.979 bits per heavy atom. The van der Waals surface area contributed by atoms with Crippen LogP contribution < -0.4 is 54.8 Å². The number of anilines is 1. The molecule has 17 aromatic heterocycles. The van der Waals surface area contributed by atoms with Crippen LogP contribution in [0.5, 0.6) is 0 Å². The molecular weight excluding hydrogens is 1860 g/mol. The van der Waals surface area contributed by atoms with E-state index in [-0.39, 0.29) is 94.8 Å². The first-order valence-corrected chi connectivity index (χ1v) is 48.0. The minimum absolute atomic E-state index is 0.00727. The Hall–Kier alpha value is -15.4. The van der Waals surface area contributed by atoms with Crippen molar-refractivity contribution in [1.82, 2.24) is 67.7 Å². The largest absolute Gasteiger partial charge is 0.460 e. The maximum absolute atomic E-state index is 12.5. The number of furan rings is 1. The highest BCUT2D eigenvalue weighted by Gasteiger charge is 2.26. The molecule has 0 saturated carbocycles. The molecule has 0 fully saturated rings. The zero-order valence-corrected chi connectivity index (χ0v) is 83.2. The van der Waals surface area contributed by atoms with Gasteiger partial charge < -0.3 is 52.5 Å². The number of benzene rings is 2. The number of nitrogens with one attached hydrogen (secondary N) is 5. The zero-order valence-electron chi connectivity index (χ0n) is 79.3. The highest BCUT2D eigenvalue weighted by molar-refractivity contribution is 7.15. The first-order valence-electron chi connectivity index (χ1n) is 45.3. The van der Waals surface area contributed by atoms with Gasteiger partial charge in [-0.3, -0.25) is 43.2 Å². The van der Waals surface area contributed by atoms with Crippen LogP contribution in [0.25, 0.3) is 161 Å². The molecular formula is C110H98Cl3N15O10S2. The molecule has 140 heavy (non-hydrogen) atoms. The number of aryl methyl sites for hydroxylation is 5. The minimum Gasteiger partial charge on any atom is -0.460 e. The average molecular weight is 1960 g/mol. The van der Waals surface area contributed by atoms with Gasteiger partial charge in [0.2, 0.25) is 0 Å². The molecule has 2 aromatic carbocycles. The van der Waals surface area contributed by atoms with Crippen LogP contribution >= 0.6 is 57.5 Å². The molecule has 1 aliphatic rings. The molecule has 18 heterocycles. The number of aromatic amines is 4. The van der Waals surface area contributed by atoms with E-state index >= 15 is 0 Å². The number of aromatic nitrogens is 14. The molecule has 0 amide bonds. The number of allylic oxidation sites excluding steroid dienone is 1. The van der Waals surface area contributed by atoms with Crippen LogP contribution in [0.3, 0.4) is 0 Å². The van der Waals surface area contributed by atoms with Crippen molar-refractivity contribution >= 4 is 114 Å². The van der Waals surface area contributed by atoms with E-state index in [9.17, 15) is 43.2 Å². The Morgan fingerprint density at radius 2 is 0.643 bits per heavy atom. The van der Waals surface area contributed by atoms with E-state index in [0.717, 1.165) is 116 Å². The summed E-state index contributed by atoms with van der Waals surface area (Å²) in [7, 11) is 0. The molecule has 19 aromatic rings. The van der Waals surface area contributed by atoms with Crippen molar-refractivity contribution in [2.75, 3.05) is 5.32 Å². The van der Waals surface area contributed by atoms with E-state index in [4.69, 9.17) is 59.2 Å². The van der Waals surface area contributed by atoms with Crippen molar-refractivity contribution in [2.45, 2.75) is 134 Å². The number of pyridine rings is 14. The highest BCUT2D eigenvalue weighted by Crippen LogP contribution is 2.43. The van der Waals surface area contributed by atoms with E-state index < -0.39 is 0 Å². The van der Waals surface area contributed by atoms with Gasteiger partial charge in [0.15, 0.2) is 27.5 Å². The van der Waals surface area contributed by atoms with Gasteiger partial charge in [-0.25, -0.2) is 24.9 Å². The lowest BCUT2D eigenvalue weighted by atomic mass is 9.98. The number of hydrogen-bond acceptors (Lipinski definition) is 18. The number of fused-ring (bicyclic) bond motifs is 5. The van der Waals surface area contributed by atoms with E-state index in [1.165, 1.54) is 29.1 Å². The van der Waals surface area contributed by atoms with Crippen LogP contribution in [0.15, 0.2) is 304 Å². The van der Waals surface area contributed by atoms with Gasteiger partial charge in [-0.15, -0.1) is 22.7 Å². The van der Waals surface area contributed by atoms with Gasteiger partial charge in [0.05, 0.1) is 54.1 Å². The third kappa shape index (κ3) is 20.6. The summed E-state index contributed by atoms with van der Waals surface area (Å²) in [6.07, 6.45) is 19.4. The quantitative estimate of drug-likeness (QED) is 0.0637. The Bertz CT molecular complexity index is 8320. The van der Waals surface area contributed by atoms with Crippen LogP contribution in [0.1, 0.15) is 132 Å². The van der Waals surface area contributed by atoms with Gasteiger partial charge in [0, 0.05) is 209 Å². The van der Waals surface area contributed by atoms with Gasteiger partial charge >= 0.3 is 0 Å². The molecule has 0 saturated heterocycles. The summed E-state index contributed by atoms with van der Waals surface area (Å²) in [6.45, 7) is 33.1. The molecule has 5 N–H and O–H groups in total. The lowest BCUT2D eigenvalue weighted by Gasteiger charge is -2.19. The van der Waals surface area contributed by atoms with Crippen molar-refractivity contribution in [3.05, 3.63) is 396 Å². The summed E-state index contributed by atoms with van der Waals surface area (Å²) in [5.41, 5.74) is 17.7. The number of hydrogen-bond donors (Lipinski definition) is 5. The zero-order chi connectivity index (χ0) is 99.7. The number of rotatable bonds is 15. The van der Waals surface area contributed by atoms with Crippen molar-refractivity contribution in [2.24, 2.45) is 0 Å². The fourth-order valence-electron chi connectivity index (χ4n) is 16.4. The number of halogens is 3. The molecule has 0 atom stereocenters. The van der Waals surface area contributed by atoms with Crippen LogP contribution in [0.2, 0.25) is 15.1 Å². The Balaban J connectivity index is 0.000000126. The second-order valence-electron chi connectivity index (χ2n) is 35.3. The van der Waals surface area contributed by atoms with Gasteiger partial charge in [-0.1, -0.05) is 102 Å². The van der Waals surface area contributed by atoms with E-state index in [1.54, 1.807) is 107 Å². The summed E-state index contributed by atoms with van der Waals surface area (Å²) >= 11 is 22.1. The molecule has 706 valence electrons. The van der Waals surface area contributed by atoms with Crippen LogP contribution in [0.4, 0.5) is 5.82 Å². The van der Waals surface area contributed by atoms with Crippen molar-refractivity contribution in [3.63, 3.8) is 0 Å². The first-order chi connectivity index (χ1) is 66.9. The predicted molar refractivity (Wildman–Crippen MR) is 570 cm³/mol. The molecule has 20 rings (SSSR count). The van der Waals surface area contributed by atoms with Gasteiger partial charge in [0.25, 0.3) is 27.8 Å². The second-order valence-corrected chi connectivity index (χ2v) is 39.1. The van der Waals surface area contributed by atoms with Crippen LogP contribution in [-0.2, 0) is 0 Å². The third-order valence-corrected chi connectivity index (χ3v) is 26.4. The SMILES string of the molecule is C=C1C=Cc2cc(-c3cc(Cl)c(=O)n(C(C)C)c3)c(-c3ccc(C)s3)nc2N1.Cc1cc(-c2cc3c(=O)cc[nH]c3nc2-c2ccccc2)cn(C(C)C)c1=O.Cc1cc(-c2cc3c(=O)cc[nH]c3nc2-c2ccccc2)cn(C(C)C)c1=O.Cc1ccc(-c2nc3[nH]ccc(=O)c3cc2-c2cc(Cl)c(=O)n(C(C)C)c2)o1.Cc1ccc(-c2nc3[nH]ccc(=O)c3cc2-c2cc(Cl)c(=O)n(C(C)C)c2)s1. The lowest BCUT2D eigenvalue weighted by molar-refractivity contribution is 0.546. The van der Waals surface area contributed by atoms with E-state index in [1.807, 2.05) is 243 Å². The maximum Gasteiger partial charge on any atom is 0.269 e. The van der Waals surface area contributed by atoms with Crippen molar-refractivity contribution in [3.8, 4) is 111 Å². The van der Waals surface area contributed by atoms with Crippen molar-refractivity contribution in [1.29, 1.82) is 0 Å². The third-order valence-electron chi connectivity index (χ3n) is 23.6. The predicted octanol–water partition coefficient (Wildman–Crippen LogP) is 24.3. The lowest BCUT2D eigenvalue weighted by Crippen LogP contribution is -2.23. The molecule has 1 aliphatic heterocycles. The van der Waals surface area contributed by atoms with Crippen LogP contribution in [0, 0.1) is 34.6 Å². The van der Waals surface area contributed by atoms with E-state index in [0.29, 0.717) is 77.8 Å². The molecule has 0 spiro atoms. The summed E-state index contributed by atoms with van der Waals surface area (Å²) in [4.78, 5) is 152. The summed E-state index contributed by atoms with van der Waals surface area (Å²) < 4.78 is 14.1. The first kappa shape index (κ1) is 97.7. The number of H-pyrrole nitrogens is 4. The minimum atomic E-state index is -0.262. The summed E-state index contributed by atoms with van der Waals surface area (Å²) in [5.74, 6) is 2.09. The van der Waals surface area contributed by atoms with Gasteiger partial charge in [-0.05, 0) is 213 Å². The standard InChI is InChI=1S/2C23H21N3O2.C22H20ClN3OS.C21H18ClN3O3.C21H18ClN3O2S/c2*1-14(2)26-13-17(11-15(3)23(26)28)18-12-19-20(27)9-10-24-22(19)25-21(18)16-7-5-4-6-8-16;1-12(2)26-11-16(10-18(23)22(26)27)17-9-15-7-5-13(3)24-21(15)25-20(17)19-8-6-14(4)28-19;2*1-11(2)25-10-13(8-16(22)21(25)27)14-9-15-17(26)6-7-23-20(15)24-19(14)18-5-4-12(3)28-18/h2*4-14H,1-3H3,(H,24,25,27);5-12H,3H2,1-2,4H3,(H,24,25);2*4-11H,1-3H3,(H,23,24,26). The maximum atomic E-state index is 12.5. The van der Waals surface area contributed by atoms with Gasteiger partial charge in [0.1, 0.15) is 54.9 Å². The second kappa shape index (κ2) is 41.1. The van der Waals surface area contributed by atoms with Crippen LogP contribution in [-0.4, -0.2) is 67.7 Å². The monoisotopic (exact) mass is 1960 g/mol. The summed E-state index contributed by atoms with van der Waals surface area (Å²) in [5, 5.41) is 5.68. The number of nitrogens with zero attached hydrogens (tertiary/aromatic N) is 10. The smallest absolute Gasteiger partial charge is 0.269 e. The Labute approximate surface area is 825 Å². The Kier molecular flexibility index (Phi) is 28.7. The Morgan fingerprint density at radius 1 is 0.329 bits per heavy atom. The molecule has 0 radical (unpaired) electrons. The number of thiophene rings is 2. The molecule has 0 unspecified atom stereocenters. The topological polar surface area (TPSA) is 331 Å². The average Bonchev–Trinajstić information content (AvgIpc) is 1.25. The fraction of sp³-hybridized carbons (Fsp3) is 0.182. The normalized spacial score (nSPS) is 11.7. The highest BCUT2D eigenvalue weighted by atomic mass is 35.5. The van der Waals surface area contributed by atoms with E-state index in [2.05, 4.69) is 61.9 Å². The fourth-order valence-corrected chi connectivity index (χ4v) is 18.7.